The van der Waals surface area contributed by atoms with Crippen molar-refractivity contribution in [2.24, 2.45) is 13.0 Å². The van der Waals surface area contributed by atoms with Crippen LogP contribution in [0.4, 0.5) is 5.82 Å². The zero-order valence-corrected chi connectivity index (χ0v) is 21.0. The van der Waals surface area contributed by atoms with E-state index in [1.165, 1.54) is 0 Å². The van der Waals surface area contributed by atoms with Crippen LogP contribution in [0.2, 0.25) is 0 Å². The van der Waals surface area contributed by atoms with Gasteiger partial charge in [0.1, 0.15) is 5.82 Å². The molecule has 36 heavy (non-hydrogen) atoms. The minimum Gasteiger partial charge on any atom is -0.466 e. The largest absolute Gasteiger partial charge is 0.466 e. The van der Waals surface area contributed by atoms with E-state index in [0.717, 1.165) is 40.9 Å². The predicted octanol–water partition coefficient (Wildman–Crippen LogP) is 3.36. The Labute approximate surface area is 210 Å². The number of hydrogen-bond acceptors (Lipinski definition) is 5. The van der Waals surface area contributed by atoms with Crippen LogP contribution in [0, 0.1) is 5.92 Å². The molecule has 0 N–H and O–H groups in total. The van der Waals surface area contributed by atoms with Gasteiger partial charge in [0, 0.05) is 74.8 Å². The Bertz CT molecular complexity index is 1280. The van der Waals surface area contributed by atoms with E-state index in [9.17, 15) is 14.4 Å². The molecular weight excluding hydrogens is 458 g/mol. The monoisotopic (exact) mass is 491 g/mol. The Hall–Kier alpha value is -3.62. The first-order valence-corrected chi connectivity index (χ1v) is 12.8. The third-order valence-electron chi connectivity index (χ3n) is 7.28. The molecule has 1 fully saturated rings. The van der Waals surface area contributed by atoms with Gasteiger partial charge in [-0.1, -0.05) is 18.2 Å². The van der Waals surface area contributed by atoms with E-state index in [-0.39, 0.29) is 36.5 Å². The van der Waals surface area contributed by atoms with Crippen molar-refractivity contribution >= 4 is 34.5 Å². The Kier molecular flexibility index (Phi) is 6.80. The van der Waals surface area contributed by atoms with Gasteiger partial charge in [-0.25, -0.2) is 4.68 Å². The number of rotatable bonds is 6. The summed E-state index contributed by atoms with van der Waals surface area (Å²) in [6.45, 7) is 4.62. The molecule has 2 aliphatic heterocycles. The molecule has 3 aromatic rings. The number of benzene rings is 1. The fourth-order valence-electron chi connectivity index (χ4n) is 5.34. The lowest BCUT2D eigenvalue weighted by atomic mass is 9.96. The minimum absolute atomic E-state index is 0.0346. The van der Waals surface area contributed by atoms with Crippen LogP contribution in [-0.4, -0.2) is 63.3 Å². The van der Waals surface area contributed by atoms with Crippen LogP contribution in [0.1, 0.15) is 39.0 Å². The van der Waals surface area contributed by atoms with E-state index in [1.807, 2.05) is 29.9 Å². The number of hydrogen-bond donors (Lipinski definition) is 0. The Morgan fingerprint density at radius 3 is 2.56 bits per heavy atom. The number of esters is 1. The maximum atomic E-state index is 13.2. The number of likely N-dealkylation sites (tertiary alicyclic amines) is 1. The fourth-order valence-corrected chi connectivity index (χ4v) is 5.34. The Morgan fingerprint density at radius 2 is 1.78 bits per heavy atom. The highest BCUT2D eigenvalue weighted by Crippen LogP contribution is 2.33. The van der Waals surface area contributed by atoms with Crippen molar-refractivity contribution in [2.75, 3.05) is 31.1 Å². The van der Waals surface area contributed by atoms with E-state index < -0.39 is 0 Å². The highest BCUT2D eigenvalue weighted by Gasteiger charge is 2.30. The zero-order valence-electron chi connectivity index (χ0n) is 21.0. The normalized spacial score (nSPS) is 16.3. The van der Waals surface area contributed by atoms with Crippen molar-refractivity contribution in [2.45, 2.75) is 45.6 Å². The van der Waals surface area contributed by atoms with E-state index in [2.05, 4.69) is 22.9 Å². The molecule has 2 amide bonds. The topological polar surface area (TPSA) is 89.7 Å². The van der Waals surface area contributed by atoms with E-state index in [0.29, 0.717) is 39.1 Å². The first-order chi connectivity index (χ1) is 17.5. The van der Waals surface area contributed by atoms with Crippen LogP contribution >= 0.6 is 0 Å². The summed E-state index contributed by atoms with van der Waals surface area (Å²) in [4.78, 5) is 41.4. The summed E-state index contributed by atoms with van der Waals surface area (Å²) in [5, 5.41) is 5.95. The maximum Gasteiger partial charge on any atom is 0.309 e. The van der Waals surface area contributed by atoms with Gasteiger partial charge in [-0.15, -0.1) is 0 Å². The summed E-state index contributed by atoms with van der Waals surface area (Å²) in [5.74, 6) is 0.379. The molecule has 1 saturated heterocycles. The minimum atomic E-state index is -0.177. The van der Waals surface area contributed by atoms with Gasteiger partial charge in [-0.05, 0) is 32.3 Å². The number of aryl methyl sites for hydroxylation is 2. The van der Waals surface area contributed by atoms with E-state index in [1.54, 1.807) is 16.7 Å². The molecular formula is C27H33N5O4. The third kappa shape index (κ3) is 4.62. The van der Waals surface area contributed by atoms with Gasteiger partial charge in [0.15, 0.2) is 0 Å². The Balaban J connectivity index is 1.23. The number of para-hydroxylation sites is 1. The number of fused-ring (bicyclic) bond motifs is 2. The van der Waals surface area contributed by atoms with Crippen LogP contribution in [0.3, 0.4) is 0 Å². The Morgan fingerprint density at radius 1 is 1.03 bits per heavy atom. The van der Waals surface area contributed by atoms with Gasteiger partial charge in [-0.3, -0.25) is 19.3 Å². The van der Waals surface area contributed by atoms with Crippen LogP contribution in [0.5, 0.6) is 0 Å². The number of carbonyl (C=O) groups excluding carboxylic acids is 3. The van der Waals surface area contributed by atoms with Crippen molar-refractivity contribution in [1.29, 1.82) is 0 Å². The highest BCUT2D eigenvalue weighted by atomic mass is 16.5. The molecule has 1 aromatic carbocycles. The number of piperidine rings is 1. The number of nitrogens with zero attached hydrogens (tertiary/aromatic N) is 5. The standard InChI is InChI=1S/C27H33N5O4/c1-3-36-27(35)19-11-15-30(16-12-19)25(33)9-10-26(34)31-13-6-14-32-24(31)17-22(28-32)21-18-29(2)23-8-5-4-7-20(21)23/h4-5,7-8,17-19H,3,6,9-16H2,1-2H3. The van der Waals surface area contributed by atoms with Gasteiger partial charge in [0.2, 0.25) is 11.8 Å². The molecule has 0 saturated carbocycles. The SMILES string of the molecule is CCOC(=O)C1CCN(C(=O)CCC(=O)N2CCCn3nc(-c4cn(C)c5ccccc45)cc32)CC1. The summed E-state index contributed by atoms with van der Waals surface area (Å²) in [7, 11) is 2.02. The first-order valence-electron chi connectivity index (χ1n) is 12.8. The lowest BCUT2D eigenvalue weighted by Gasteiger charge is -2.31. The quantitative estimate of drug-likeness (QED) is 0.494. The molecule has 5 rings (SSSR count). The number of carbonyl (C=O) groups is 3. The van der Waals surface area contributed by atoms with Gasteiger partial charge in [0.25, 0.3) is 0 Å². The molecule has 0 spiro atoms. The van der Waals surface area contributed by atoms with E-state index >= 15 is 0 Å². The smallest absolute Gasteiger partial charge is 0.309 e. The van der Waals surface area contributed by atoms with Crippen molar-refractivity contribution in [1.82, 2.24) is 19.2 Å². The van der Waals surface area contributed by atoms with Gasteiger partial charge >= 0.3 is 5.97 Å². The summed E-state index contributed by atoms with van der Waals surface area (Å²) < 4.78 is 9.10. The van der Waals surface area contributed by atoms with Gasteiger partial charge in [0.05, 0.1) is 18.2 Å². The van der Waals surface area contributed by atoms with Crippen LogP contribution in [0.25, 0.3) is 22.2 Å². The molecule has 0 radical (unpaired) electrons. The number of aromatic nitrogens is 3. The molecule has 0 unspecified atom stereocenters. The van der Waals surface area contributed by atoms with Crippen molar-refractivity contribution in [3.05, 3.63) is 36.5 Å². The van der Waals surface area contributed by atoms with Gasteiger partial charge < -0.3 is 14.2 Å². The van der Waals surface area contributed by atoms with Crippen LogP contribution in [0.15, 0.2) is 36.5 Å². The van der Waals surface area contributed by atoms with Crippen molar-refractivity contribution < 1.29 is 19.1 Å². The maximum absolute atomic E-state index is 13.2. The summed E-state index contributed by atoms with van der Waals surface area (Å²) in [6, 6.07) is 10.2. The number of anilines is 1. The first kappa shape index (κ1) is 24.1. The second kappa shape index (κ2) is 10.2. The zero-order chi connectivity index (χ0) is 25.2. The average Bonchev–Trinajstić information content (AvgIpc) is 3.48. The van der Waals surface area contributed by atoms with Crippen LogP contribution in [-0.2, 0) is 32.7 Å². The predicted molar refractivity (Wildman–Crippen MR) is 136 cm³/mol. The summed E-state index contributed by atoms with van der Waals surface area (Å²) >= 11 is 0. The molecule has 9 nitrogen and oxygen atoms in total. The highest BCUT2D eigenvalue weighted by molar-refractivity contribution is 5.98. The fraction of sp³-hybridized carbons (Fsp3) is 0.481. The second-order valence-corrected chi connectivity index (χ2v) is 9.59. The van der Waals surface area contributed by atoms with Crippen molar-refractivity contribution in [3.8, 4) is 11.3 Å². The van der Waals surface area contributed by atoms with E-state index in [4.69, 9.17) is 9.84 Å². The molecule has 0 atom stereocenters. The molecule has 190 valence electrons. The van der Waals surface area contributed by atoms with Crippen LogP contribution < -0.4 is 4.90 Å². The summed E-state index contributed by atoms with van der Waals surface area (Å²) in [5.41, 5.74) is 3.03. The molecule has 2 aliphatic rings. The summed E-state index contributed by atoms with van der Waals surface area (Å²) in [6.07, 6.45) is 4.45. The van der Waals surface area contributed by atoms with Gasteiger partial charge in [-0.2, -0.15) is 5.10 Å². The second-order valence-electron chi connectivity index (χ2n) is 9.59. The van der Waals surface area contributed by atoms with Crippen molar-refractivity contribution in [3.63, 3.8) is 0 Å². The lowest BCUT2D eigenvalue weighted by molar-refractivity contribution is -0.151. The third-order valence-corrected chi connectivity index (χ3v) is 7.28. The molecule has 9 heteroatoms. The molecule has 0 bridgehead atoms. The number of ether oxygens (including phenoxy) is 1. The number of amides is 2. The molecule has 4 heterocycles. The molecule has 0 aliphatic carbocycles. The average molecular weight is 492 g/mol. The molecule has 2 aromatic heterocycles. The lowest BCUT2D eigenvalue weighted by Crippen LogP contribution is -2.42.